The number of benzene rings is 2. The zero-order valence-corrected chi connectivity index (χ0v) is 22.7. The molecule has 10 heteroatoms. The molecule has 2 atom stereocenters. The van der Waals surface area contributed by atoms with Gasteiger partial charge < -0.3 is 15.5 Å². The second-order valence-corrected chi connectivity index (χ2v) is 10.5. The van der Waals surface area contributed by atoms with Crippen LogP contribution < -0.4 is 15.5 Å². The van der Waals surface area contributed by atoms with E-state index in [1.165, 1.54) is 9.78 Å². The minimum absolute atomic E-state index is 0.231. The zero-order valence-electron chi connectivity index (χ0n) is 20.3. The smallest absolute Gasteiger partial charge is 0.272 e. The van der Waals surface area contributed by atoms with Crippen molar-refractivity contribution in [2.24, 2.45) is 4.99 Å². The van der Waals surface area contributed by atoms with Crippen LogP contribution in [0.4, 0.5) is 5.69 Å². The Bertz CT molecular complexity index is 1340. The van der Waals surface area contributed by atoms with Crippen LogP contribution in [0.15, 0.2) is 65.0 Å². The fourth-order valence-electron chi connectivity index (χ4n) is 4.03. The first-order valence-corrected chi connectivity index (χ1v) is 13.4. The lowest BCUT2D eigenvalue weighted by atomic mass is 10.00. The van der Waals surface area contributed by atoms with Crippen molar-refractivity contribution in [3.63, 3.8) is 0 Å². The highest BCUT2D eigenvalue weighted by molar-refractivity contribution is 7.09. The zero-order chi connectivity index (χ0) is 26.5. The van der Waals surface area contributed by atoms with E-state index in [9.17, 15) is 14.4 Å². The lowest BCUT2D eigenvalue weighted by Gasteiger charge is -2.22. The van der Waals surface area contributed by atoms with E-state index in [2.05, 4.69) is 15.6 Å². The summed E-state index contributed by atoms with van der Waals surface area (Å²) in [6.07, 6.45) is 0.552. The third kappa shape index (κ3) is 6.39. The molecule has 3 aromatic rings. The van der Waals surface area contributed by atoms with Crippen LogP contribution in [0, 0.1) is 0 Å². The molecule has 2 heterocycles. The molecule has 3 amide bonds. The number of anilines is 1. The van der Waals surface area contributed by atoms with Crippen molar-refractivity contribution in [3.8, 4) is 0 Å². The number of amides is 3. The van der Waals surface area contributed by atoms with Gasteiger partial charge in [0.15, 0.2) is 0 Å². The number of thiophene rings is 1. The normalized spacial score (nSPS) is 15.9. The number of halogens is 2. The number of carbonyl (C=O) groups excluding carboxylic acids is 3. The monoisotopic (exact) mass is 556 g/mol. The summed E-state index contributed by atoms with van der Waals surface area (Å²) in [5, 5.41) is 8.31. The Kier molecular flexibility index (Phi) is 8.63. The van der Waals surface area contributed by atoms with E-state index in [1.807, 2.05) is 23.6 Å². The largest absolute Gasteiger partial charge is 0.345 e. The first-order valence-electron chi connectivity index (χ1n) is 11.8. The van der Waals surface area contributed by atoms with E-state index < -0.39 is 24.0 Å². The van der Waals surface area contributed by atoms with Gasteiger partial charge in [0.2, 0.25) is 18.0 Å². The van der Waals surface area contributed by atoms with Crippen molar-refractivity contribution in [2.45, 2.75) is 38.4 Å². The predicted molar refractivity (Wildman–Crippen MR) is 149 cm³/mol. The molecule has 1 aliphatic rings. The Morgan fingerprint density at radius 1 is 1.11 bits per heavy atom. The van der Waals surface area contributed by atoms with Gasteiger partial charge in [0.05, 0.1) is 11.4 Å². The molecule has 192 valence electrons. The van der Waals surface area contributed by atoms with Gasteiger partial charge in [-0.1, -0.05) is 47.5 Å². The summed E-state index contributed by atoms with van der Waals surface area (Å²) < 4.78 is 0. The Balaban J connectivity index is 1.52. The number of rotatable bonds is 8. The lowest BCUT2D eigenvalue weighted by molar-refractivity contribution is -0.130. The van der Waals surface area contributed by atoms with Crippen molar-refractivity contribution in [1.29, 1.82) is 0 Å². The number of likely N-dealkylation sites (N-methyl/N-ethyl adjacent to an activating group) is 1. The molecule has 37 heavy (non-hydrogen) atoms. The molecule has 1 aromatic heterocycles. The summed E-state index contributed by atoms with van der Waals surface area (Å²) in [5.74, 6) is -1.19. The highest BCUT2D eigenvalue weighted by Gasteiger charge is 2.32. The van der Waals surface area contributed by atoms with Crippen LogP contribution in [0.3, 0.4) is 0 Å². The molecule has 0 fully saturated rings. The molecular weight excluding hydrogens is 531 g/mol. The molecule has 1 aliphatic heterocycles. The van der Waals surface area contributed by atoms with Gasteiger partial charge in [-0.2, -0.15) is 0 Å². The molecule has 1 unspecified atom stereocenters. The molecule has 2 N–H and O–H groups in total. The van der Waals surface area contributed by atoms with Gasteiger partial charge in [-0.15, -0.1) is 11.3 Å². The van der Waals surface area contributed by atoms with Crippen molar-refractivity contribution >= 4 is 63.7 Å². The average Bonchev–Trinajstić information content (AvgIpc) is 3.36. The molecule has 2 aromatic carbocycles. The summed E-state index contributed by atoms with van der Waals surface area (Å²) in [5.41, 5.74) is 2.22. The number of hydrogen-bond donors (Lipinski definition) is 2. The van der Waals surface area contributed by atoms with Crippen molar-refractivity contribution in [3.05, 3.63) is 86.0 Å². The van der Waals surface area contributed by atoms with Crippen molar-refractivity contribution in [1.82, 2.24) is 10.6 Å². The predicted octanol–water partition coefficient (Wildman–Crippen LogP) is 4.84. The fourth-order valence-corrected chi connectivity index (χ4v) is 5.17. The van der Waals surface area contributed by atoms with Gasteiger partial charge in [0.1, 0.15) is 6.04 Å². The van der Waals surface area contributed by atoms with Crippen LogP contribution in [0.25, 0.3) is 0 Å². The van der Waals surface area contributed by atoms with E-state index in [1.54, 1.807) is 61.7 Å². The van der Waals surface area contributed by atoms with Crippen LogP contribution in [-0.4, -0.2) is 42.7 Å². The van der Waals surface area contributed by atoms with E-state index in [4.69, 9.17) is 23.2 Å². The Morgan fingerprint density at radius 3 is 2.62 bits per heavy atom. The van der Waals surface area contributed by atoms with Crippen molar-refractivity contribution in [2.75, 3.05) is 11.9 Å². The molecule has 0 saturated carbocycles. The fraction of sp³-hybridized carbons (Fsp3) is 0.259. The number of fused-ring (bicyclic) bond motifs is 1. The van der Waals surface area contributed by atoms with E-state index in [0.29, 0.717) is 45.4 Å². The van der Waals surface area contributed by atoms with Gasteiger partial charge in [-0.3, -0.25) is 14.4 Å². The molecule has 0 spiro atoms. The topological polar surface area (TPSA) is 90.9 Å². The third-order valence-corrected chi connectivity index (χ3v) is 7.48. The number of carbonyl (C=O) groups is 3. The number of aliphatic imine (C=N–C) groups is 1. The minimum atomic E-state index is -1.23. The number of aryl methyl sites for hydroxylation is 1. The highest BCUT2D eigenvalue weighted by atomic mass is 35.5. The van der Waals surface area contributed by atoms with Crippen LogP contribution in [0.1, 0.15) is 35.8 Å². The SMILES string of the molecule is C[C@H](NC(=O)CCCc1cccs1)C(=O)NC1N=C(c2ccccc2Cl)c2cc(Cl)ccc2N(C)C1=O. The van der Waals surface area contributed by atoms with Crippen LogP contribution >= 0.6 is 34.5 Å². The summed E-state index contributed by atoms with van der Waals surface area (Å²) >= 11 is 14.4. The highest BCUT2D eigenvalue weighted by Crippen LogP contribution is 2.31. The van der Waals surface area contributed by atoms with Crippen molar-refractivity contribution < 1.29 is 14.4 Å². The molecule has 4 rings (SSSR count). The van der Waals surface area contributed by atoms with Gasteiger partial charge in [-0.05, 0) is 55.5 Å². The molecular formula is C27H26Cl2N4O3S. The minimum Gasteiger partial charge on any atom is -0.345 e. The standard InChI is InChI=1S/C27H26Cl2N4O3S/c1-16(30-23(34)11-5-7-18-8-6-14-37-18)26(35)32-25-27(36)33(2)22-13-12-17(28)15-20(22)24(31-25)19-9-3-4-10-21(19)29/h3-4,6,8-10,12-16,25H,5,7,11H2,1-2H3,(H,30,34)(H,32,35)/t16-,25?/m0/s1. The number of benzodiazepines with no additional fused rings is 1. The van der Waals surface area contributed by atoms with Gasteiger partial charge >= 0.3 is 0 Å². The number of hydrogen-bond acceptors (Lipinski definition) is 5. The average molecular weight is 558 g/mol. The summed E-state index contributed by atoms with van der Waals surface area (Å²) in [6, 6.07) is 15.4. The lowest BCUT2D eigenvalue weighted by Crippen LogP contribution is -2.52. The van der Waals surface area contributed by atoms with Gasteiger partial charge in [0.25, 0.3) is 5.91 Å². The number of nitrogens with one attached hydrogen (secondary N) is 2. The molecule has 0 aliphatic carbocycles. The summed E-state index contributed by atoms with van der Waals surface area (Å²) in [7, 11) is 1.61. The Hall–Kier alpha value is -3.20. The van der Waals surface area contributed by atoms with Crippen LogP contribution in [0.2, 0.25) is 10.0 Å². The molecule has 0 radical (unpaired) electrons. The summed E-state index contributed by atoms with van der Waals surface area (Å²) in [6.45, 7) is 1.57. The third-order valence-electron chi connectivity index (χ3n) is 5.98. The molecule has 0 bridgehead atoms. The maximum Gasteiger partial charge on any atom is 0.272 e. The maximum atomic E-state index is 13.3. The van der Waals surface area contributed by atoms with Gasteiger partial charge in [-0.25, -0.2) is 4.99 Å². The second-order valence-electron chi connectivity index (χ2n) is 8.65. The van der Waals surface area contributed by atoms with Crippen LogP contribution in [-0.2, 0) is 20.8 Å². The number of nitrogens with zero attached hydrogens (tertiary/aromatic N) is 2. The van der Waals surface area contributed by atoms with E-state index >= 15 is 0 Å². The van der Waals surface area contributed by atoms with E-state index in [-0.39, 0.29) is 5.91 Å². The first kappa shape index (κ1) is 26.9. The Morgan fingerprint density at radius 2 is 1.89 bits per heavy atom. The second kappa shape index (κ2) is 11.9. The quantitative estimate of drug-likeness (QED) is 0.416. The molecule has 0 saturated heterocycles. The summed E-state index contributed by atoms with van der Waals surface area (Å²) in [4.78, 5) is 46.0. The first-order chi connectivity index (χ1) is 17.7. The van der Waals surface area contributed by atoms with Crippen LogP contribution in [0.5, 0.6) is 0 Å². The van der Waals surface area contributed by atoms with Gasteiger partial charge in [0, 0.05) is 39.5 Å². The van der Waals surface area contributed by atoms with E-state index in [0.717, 1.165) is 6.42 Å². The Labute approximate surface area is 229 Å². The maximum absolute atomic E-state index is 13.3. The molecule has 7 nitrogen and oxygen atoms in total.